The van der Waals surface area contributed by atoms with Crippen molar-refractivity contribution in [1.82, 2.24) is 0 Å². The molecule has 1 amide bonds. The molecule has 0 unspecified atom stereocenters. The summed E-state index contributed by atoms with van der Waals surface area (Å²) < 4.78 is 5.16. The number of nitrogens with two attached hydrogens (primary N) is 1. The minimum Gasteiger partial charge on any atom is -0.497 e. The Kier molecular flexibility index (Phi) is 5.12. The zero-order chi connectivity index (χ0) is 17.8. The fourth-order valence-electron chi connectivity index (χ4n) is 3.32. The van der Waals surface area contributed by atoms with Crippen molar-refractivity contribution in [2.45, 2.75) is 32.2 Å². The van der Waals surface area contributed by atoms with Gasteiger partial charge in [0.1, 0.15) is 5.75 Å². The first kappa shape index (κ1) is 17.1. The molecule has 3 N–H and O–H groups in total. The molecule has 0 saturated carbocycles. The van der Waals surface area contributed by atoms with Gasteiger partial charge in [0.05, 0.1) is 18.5 Å². The van der Waals surface area contributed by atoms with E-state index in [9.17, 15) is 4.79 Å². The number of rotatable bonds is 4. The van der Waals surface area contributed by atoms with Crippen molar-refractivity contribution >= 4 is 23.0 Å². The highest BCUT2D eigenvalue weighted by atomic mass is 16.5. The summed E-state index contributed by atoms with van der Waals surface area (Å²) in [5.41, 5.74) is 9.24. The lowest BCUT2D eigenvalue weighted by molar-refractivity contribution is 0.102. The van der Waals surface area contributed by atoms with Crippen molar-refractivity contribution in [2.75, 3.05) is 29.6 Å². The van der Waals surface area contributed by atoms with E-state index in [1.54, 1.807) is 25.3 Å². The van der Waals surface area contributed by atoms with Crippen molar-refractivity contribution in [3.8, 4) is 5.75 Å². The first-order chi connectivity index (χ1) is 12.1. The Morgan fingerprint density at radius 2 is 2.08 bits per heavy atom. The molecule has 25 heavy (non-hydrogen) atoms. The van der Waals surface area contributed by atoms with Crippen LogP contribution in [0.3, 0.4) is 0 Å². The summed E-state index contributed by atoms with van der Waals surface area (Å²) >= 11 is 0. The third-order valence-corrected chi connectivity index (χ3v) is 4.73. The van der Waals surface area contributed by atoms with Crippen LogP contribution in [0.25, 0.3) is 0 Å². The zero-order valence-electron chi connectivity index (χ0n) is 14.8. The summed E-state index contributed by atoms with van der Waals surface area (Å²) in [4.78, 5) is 14.8. The van der Waals surface area contributed by atoms with Gasteiger partial charge in [0.25, 0.3) is 5.91 Å². The van der Waals surface area contributed by atoms with Gasteiger partial charge in [-0.15, -0.1) is 0 Å². The normalized spacial score (nSPS) is 17.2. The standard InChI is InChI=1S/C20H25N3O2/c1-14-6-3-4-11-23(14)19-10-9-16(13-18(19)21)22-20(24)15-7-5-8-17(12-15)25-2/h5,7-10,12-14H,3-4,6,11,21H2,1-2H3,(H,22,24)/t14-/m0/s1. The van der Waals surface area contributed by atoms with Crippen LogP contribution in [0.4, 0.5) is 17.1 Å². The molecule has 2 aromatic carbocycles. The lowest BCUT2D eigenvalue weighted by atomic mass is 10.0. The van der Waals surface area contributed by atoms with Gasteiger partial charge in [0, 0.05) is 23.8 Å². The van der Waals surface area contributed by atoms with Crippen molar-refractivity contribution in [3.63, 3.8) is 0 Å². The van der Waals surface area contributed by atoms with E-state index in [0.717, 1.165) is 12.2 Å². The van der Waals surface area contributed by atoms with Gasteiger partial charge in [-0.3, -0.25) is 4.79 Å². The second-order valence-corrected chi connectivity index (χ2v) is 6.50. The third kappa shape index (κ3) is 3.87. The van der Waals surface area contributed by atoms with Crippen LogP contribution in [0.1, 0.15) is 36.5 Å². The predicted molar refractivity (Wildman–Crippen MR) is 102 cm³/mol. The Hall–Kier alpha value is -2.69. The number of nitrogens with one attached hydrogen (secondary N) is 1. The Balaban J connectivity index is 1.75. The molecule has 0 radical (unpaired) electrons. The van der Waals surface area contributed by atoms with Gasteiger partial charge in [0.15, 0.2) is 0 Å². The Morgan fingerprint density at radius 1 is 1.24 bits per heavy atom. The lowest BCUT2D eigenvalue weighted by Gasteiger charge is -2.36. The van der Waals surface area contributed by atoms with Gasteiger partial charge >= 0.3 is 0 Å². The van der Waals surface area contributed by atoms with Gasteiger partial charge in [-0.2, -0.15) is 0 Å². The average Bonchev–Trinajstić information content (AvgIpc) is 2.63. The number of amides is 1. The molecule has 1 heterocycles. The maximum atomic E-state index is 12.4. The van der Waals surface area contributed by atoms with Crippen LogP contribution in [-0.2, 0) is 0 Å². The number of benzene rings is 2. The summed E-state index contributed by atoms with van der Waals surface area (Å²) in [5.74, 6) is 0.471. The topological polar surface area (TPSA) is 67.6 Å². The van der Waals surface area contributed by atoms with Crippen LogP contribution in [-0.4, -0.2) is 25.6 Å². The molecule has 0 aliphatic carbocycles. The van der Waals surface area contributed by atoms with E-state index in [-0.39, 0.29) is 5.91 Å². The number of piperidine rings is 1. The second-order valence-electron chi connectivity index (χ2n) is 6.50. The van der Waals surface area contributed by atoms with Gasteiger partial charge in [-0.1, -0.05) is 6.07 Å². The lowest BCUT2D eigenvalue weighted by Crippen LogP contribution is -2.37. The number of methoxy groups -OCH3 is 1. The quantitative estimate of drug-likeness (QED) is 0.829. The summed E-state index contributed by atoms with van der Waals surface area (Å²) in [6.45, 7) is 3.26. The van der Waals surface area contributed by atoms with E-state index in [0.29, 0.717) is 28.7 Å². The Bertz CT molecular complexity index is 760. The molecule has 0 aromatic heterocycles. The van der Waals surface area contributed by atoms with Crippen LogP contribution < -0.4 is 20.7 Å². The van der Waals surface area contributed by atoms with Crippen LogP contribution in [0.2, 0.25) is 0 Å². The summed E-state index contributed by atoms with van der Waals surface area (Å²) in [5, 5.41) is 2.90. The number of carbonyl (C=O) groups is 1. The number of hydrogen-bond acceptors (Lipinski definition) is 4. The number of nitrogens with zero attached hydrogens (tertiary/aromatic N) is 1. The van der Waals surface area contributed by atoms with Crippen molar-refractivity contribution in [3.05, 3.63) is 48.0 Å². The largest absolute Gasteiger partial charge is 0.497 e. The monoisotopic (exact) mass is 339 g/mol. The first-order valence-corrected chi connectivity index (χ1v) is 8.70. The smallest absolute Gasteiger partial charge is 0.255 e. The van der Waals surface area contributed by atoms with Crippen LogP contribution in [0.5, 0.6) is 5.75 Å². The van der Waals surface area contributed by atoms with E-state index < -0.39 is 0 Å². The summed E-state index contributed by atoms with van der Waals surface area (Å²) in [7, 11) is 1.58. The number of hydrogen-bond donors (Lipinski definition) is 2. The van der Waals surface area contributed by atoms with Crippen molar-refractivity contribution < 1.29 is 9.53 Å². The molecule has 0 bridgehead atoms. The molecule has 1 aliphatic rings. The molecule has 1 fully saturated rings. The van der Waals surface area contributed by atoms with Crippen molar-refractivity contribution in [1.29, 1.82) is 0 Å². The summed E-state index contributed by atoms with van der Waals surface area (Å²) in [6.07, 6.45) is 3.65. The minimum atomic E-state index is -0.183. The maximum Gasteiger partial charge on any atom is 0.255 e. The number of carbonyl (C=O) groups excluding carboxylic acids is 1. The molecule has 1 saturated heterocycles. The molecule has 2 aromatic rings. The number of nitrogen functional groups attached to an aromatic ring is 1. The minimum absolute atomic E-state index is 0.183. The van der Waals surface area contributed by atoms with E-state index in [1.807, 2.05) is 24.3 Å². The van der Waals surface area contributed by atoms with E-state index in [4.69, 9.17) is 10.5 Å². The zero-order valence-corrected chi connectivity index (χ0v) is 14.8. The summed E-state index contributed by atoms with van der Waals surface area (Å²) in [6, 6.07) is 13.3. The fourth-order valence-corrected chi connectivity index (χ4v) is 3.32. The van der Waals surface area contributed by atoms with Gasteiger partial charge in [0.2, 0.25) is 0 Å². The highest BCUT2D eigenvalue weighted by Gasteiger charge is 2.20. The molecule has 1 aliphatic heterocycles. The van der Waals surface area contributed by atoms with E-state index >= 15 is 0 Å². The SMILES string of the molecule is COc1cccc(C(=O)Nc2ccc(N3CCCC[C@@H]3C)c(N)c2)c1. The molecule has 1 atom stereocenters. The Labute approximate surface area is 148 Å². The molecule has 3 rings (SSSR count). The highest BCUT2D eigenvalue weighted by Crippen LogP contribution is 2.31. The van der Waals surface area contributed by atoms with Gasteiger partial charge < -0.3 is 20.7 Å². The highest BCUT2D eigenvalue weighted by molar-refractivity contribution is 6.04. The van der Waals surface area contributed by atoms with Crippen LogP contribution in [0.15, 0.2) is 42.5 Å². The van der Waals surface area contributed by atoms with Gasteiger partial charge in [-0.05, 0) is 62.6 Å². The van der Waals surface area contributed by atoms with Crippen molar-refractivity contribution in [2.24, 2.45) is 0 Å². The average molecular weight is 339 g/mol. The second kappa shape index (κ2) is 7.47. The number of anilines is 3. The molecule has 132 valence electrons. The Morgan fingerprint density at radius 3 is 2.80 bits per heavy atom. The van der Waals surface area contributed by atoms with Gasteiger partial charge in [-0.25, -0.2) is 0 Å². The van der Waals surface area contributed by atoms with Crippen LogP contribution in [0, 0.1) is 0 Å². The van der Waals surface area contributed by atoms with E-state index in [2.05, 4.69) is 17.1 Å². The first-order valence-electron chi connectivity index (χ1n) is 8.70. The predicted octanol–water partition coefficient (Wildman–Crippen LogP) is 3.91. The third-order valence-electron chi connectivity index (χ3n) is 4.73. The molecule has 5 nitrogen and oxygen atoms in total. The molecule has 0 spiro atoms. The molecular weight excluding hydrogens is 314 g/mol. The van der Waals surface area contributed by atoms with Crippen LogP contribution >= 0.6 is 0 Å². The number of ether oxygens (including phenoxy) is 1. The van der Waals surface area contributed by atoms with E-state index in [1.165, 1.54) is 19.3 Å². The maximum absolute atomic E-state index is 12.4. The molecule has 5 heteroatoms. The molecular formula is C20H25N3O2. The fraction of sp³-hybridized carbons (Fsp3) is 0.350.